The molecule has 5 nitrogen and oxygen atoms in total. The van der Waals surface area contributed by atoms with E-state index >= 15 is 0 Å². The minimum atomic E-state index is -0.0161. The van der Waals surface area contributed by atoms with Crippen LogP contribution in [-0.2, 0) is 0 Å². The number of nitrogens with one attached hydrogen (secondary N) is 1. The highest BCUT2D eigenvalue weighted by molar-refractivity contribution is 5.37. The molecular formula is C13H22N4O. The number of nitrogens with zero attached hydrogens (tertiary/aromatic N) is 2. The van der Waals surface area contributed by atoms with Crippen LogP contribution in [0.5, 0.6) is 5.88 Å². The summed E-state index contributed by atoms with van der Waals surface area (Å²) in [4.78, 5) is 8.54. The normalized spacial score (nSPS) is 18.3. The van der Waals surface area contributed by atoms with Gasteiger partial charge in [0.2, 0.25) is 5.88 Å². The Balaban J connectivity index is 2.08. The smallest absolute Gasteiger partial charge is 0.234 e. The standard InChI is InChI=1S/C13H22N4O/c1-2-18-12-9-15-8-11(16-12)17-13(10-14)6-4-3-5-7-13/h8-9H,2-7,10,14H2,1H3,(H,16,17). The van der Waals surface area contributed by atoms with Crippen molar-refractivity contribution in [3.05, 3.63) is 12.4 Å². The zero-order valence-electron chi connectivity index (χ0n) is 11.0. The maximum Gasteiger partial charge on any atom is 0.234 e. The lowest BCUT2D eigenvalue weighted by Crippen LogP contribution is -2.47. The van der Waals surface area contributed by atoms with Gasteiger partial charge >= 0.3 is 0 Å². The molecule has 1 aliphatic carbocycles. The molecular weight excluding hydrogens is 228 g/mol. The van der Waals surface area contributed by atoms with Gasteiger partial charge in [0.15, 0.2) is 0 Å². The van der Waals surface area contributed by atoms with E-state index in [1.807, 2.05) is 6.92 Å². The molecule has 0 radical (unpaired) electrons. The predicted molar refractivity (Wildman–Crippen MR) is 71.7 cm³/mol. The summed E-state index contributed by atoms with van der Waals surface area (Å²) in [7, 11) is 0. The Morgan fingerprint density at radius 1 is 1.33 bits per heavy atom. The molecule has 0 spiro atoms. The van der Waals surface area contributed by atoms with E-state index in [0.29, 0.717) is 19.0 Å². The molecule has 1 aromatic heterocycles. The maximum absolute atomic E-state index is 5.94. The van der Waals surface area contributed by atoms with E-state index in [4.69, 9.17) is 10.5 Å². The largest absolute Gasteiger partial charge is 0.477 e. The molecule has 1 heterocycles. The molecule has 0 amide bonds. The lowest BCUT2D eigenvalue weighted by atomic mass is 9.82. The van der Waals surface area contributed by atoms with Gasteiger partial charge in [-0.2, -0.15) is 4.98 Å². The third kappa shape index (κ3) is 3.10. The van der Waals surface area contributed by atoms with E-state index in [0.717, 1.165) is 18.7 Å². The second-order valence-corrected chi connectivity index (χ2v) is 4.85. The van der Waals surface area contributed by atoms with E-state index in [9.17, 15) is 0 Å². The van der Waals surface area contributed by atoms with Crippen LogP contribution in [0.25, 0.3) is 0 Å². The lowest BCUT2D eigenvalue weighted by molar-refractivity contribution is 0.320. The van der Waals surface area contributed by atoms with Gasteiger partial charge in [0.05, 0.1) is 24.5 Å². The van der Waals surface area contributed by atoms with Crippen LogP contribution in [0.4, 0.5) is 5.82 Å². The van der Waals surface area contributed by atoms with Gasteiger partial charge in [0, 0.05) is 6.54 Å². The van der Waals surface area contributed by atoms with Crippen molar-refractivity contribution in [2.24, 2.45) is 5.73 Å². The van der Waals surface area contributed by atoms with Crippen molar-refractivity contribution in [1.29, 1.82) is 0 Å². The van der Waals surface area contributed by atoms with Gasteiger partial charge in [0.1, 0.15) is 5.82 Å². The maximum atomic E-state index is 5.94. The zero-order chi connectivity index (χ0) is 12.8. The average molecular weight is 250 g/mol. The first-order chi connectivity index (χ1) is 8.78. The van der Waals surface area contributed by atoms with E-state index in [2.05, 4.69) is 15.3 Å². The van der Waals surface area contributed by atoms with Gasteiger partial charge in [-0.15, -0.1) is 0 Å². The molecule has 0 bridgehead atoms. The van der Waals surface area contributed by atoms with Crippen LogP contribution >= 0.6 is 0 Å². The minimum Gasteiger partial charge on any atom is -0.477 e. The number of rotatable bonds is 5. The third-order valence-corrected chi connectivity index (χ3v) is 3.50. The van der Waals surface area contributed by atoms with Crippen molar-refractivity contribution < 1.29 is 4.74 Å². The fourth-order valence-corrected chi connectivity index (χ4v) is 2.51. The van der Waals surface area contributed by atoms with Crippen molar-refractivity contribution in [3.8, 4) is 5.88 Å². The number of ether oxygens (including phenoxy) is 1. The zero-order valence-corrected chi connectivity index (χ0v) is 11.0. The first-order valence-corrected chi connectivity index (χ1v) is 6.71. The van der Waals surface area contributed by atoms with E-state index < -0.39 is 0 Å². The topological polar surface area (TPSA) is 73.1 Å². The van der Waals surface area contributed by atoms with E-state index in [-0.39, 0.29) is 5.54 Å². The first-order valence-electron chi connectivity index (χ1n) is 6.71. The molecule has 0 unspecified atom stereocenters. The summed E-state index contributed by atoms with van der Waals surface area (Å²) < 4.78 is 5.36. The van der Waals surface area contributed by atoms with Crippen molar-refractivity contribution in [3.63, 3.8) is 0 Å². The Bertz CT molecular complexity index is 377. The summed E-state index contributed by atoms with van der Waals surface area (Å²) in [5.74, 6) is 1.32. The van der Waals surface area contributed by atoms with Gasteiger partial charge in [-0.3, -0.25) is 4.98 Å². The summed E-state index contributed by atoms with van der Waals surface area (Å²) in [6, 6.07) is 0. The van der Waals surface area contributed by atoms with Gasteiger partial charge in [-0.25, -0.2) is 0 Å². The molecule has 0 saturated heterocycles. The second-order valence-electron chi connectivity index (χ2n) is 4.85. The van der Waals surface area contributed by atoms with Gasteiger partial charge in [-0.05, 0) is 19.8 Å². The summed E-state index contributed by atoms with van der Waals surface area (Å²) in [6.45, 7) is 3.16. The van der Waals surface area contributed by atoms with E-state index in [1.54, 1.807) is 12.4 Å². The number of aromatic nitrogens is 2. The SMILES string of the molecule is CCOc1cncc(NC2(CN)CCCCC2)n1. The molecule has 0 aliphatic heterocycles. The fraction of sp³-hybridized carbons (Fsp3) is 0.692. The van der Waals surface area contributed by atoms with Gasteiger partial charge in [0.25, 0.3) is 0 Å². The lowest BCUT2D eigenvalue weighted by Gasteiger charge is -2.37. The highest BCUT2D eigenvalue weighted by atomic mass is 16.5. The fourth-order valence-electron chi connectivity index (χ4n) is 2.51. The molecule has 1 aromatic rings. The molecule has 1 aliphatic rings. The van der Waals surface area contributed by atoms with Crippen LogP contribution in [0.15, 0.2) is 12.4 Å². The van der Waals surface area contributed by atoms with Crippen LogP contribution in [0, 0.1) is 0 Å². The number of nitrogens with two attached hydrogens (primary N) is 1. The summed E-state index contributed by atoms with van der Waals surface area (Å²) in [5.41, 5.74) is 5.92. The Kier molecular flexibility index (Phi) is 4.36. The average Bonchev–Trinajstić information content (AvgIpc) is 2.41. The molecule has 0 atom stereocenters. The Morgan fingerprint density at radius 2 is 2.11 bits per heavy atom. The molecule has 18 heavy (non-hydrogen) atoms. The summed E-state index contributed by atoms with van der Waals surface area (Å²) >= 11 is 0. The predicted octanol–water partition coefficient (Wildman–Crippen LogP) is 1.95. The quantitative estimate of drug-likeness (QED) is 0.835. The Labute approximate surface area is 108 Å². The van der Waals surface area contributed by atoms with Crippen LogP contribution < -0.4 is 15.8 Å². The number of hydrogen-bond donors (Lipinski definition) is 2. The third-order valence-electron chi connectivity index (χ3n) is 3.50. The summed E-state index contributed by atoms with van der Waals surface area (Å²) in [6.07, 6.45) is 9.31. The summed E-state index contributed by atoms with van der Waals surface area (Å²) in [5, 5.41) is 3.46. The number of anilines is 1. The van der Waals surface area contributed by atoms with E-state index in [1.165, 1.54) is 19.3 Å². The van der Waals surface area contributed by atoms with Crippen molar-refractivity contribution in [2.45, 2.75) is 44.6 Å². The second kappa shape index (κ2) is 6.00. The van der Waals surface area contributed by atoms with Crippen molar-refractivity contribution in [2.75, 3.05) is 18.5 Å². The van der Waals surface area contributed by atoms with Crippen LogP contribution in [0.1, 0.15) is 39.0 Å². The molecule has 1 fully saturated rings. The molecule has 1 saturated carbocycles. The minimum absolute atomic E-state index is 0.0161. The highest BCUT2D eigenvalue weighted by Crippen LogP contribution is 2.30. The number of hydrogen-bond acceptors (Lipinski definition) is 5. The first kappa shape index (κ1) is 13.1. The molecule has 3 N–H and O–H groups in total. The Hall–Kier alpha value is -1.36. The van der Waals surface area contributed by atoms with Gasteiger partial charge in [-0.1, -0.05) is 19.3 Å². The van der Waals surface area contributed by atoms with Crippen LogP contribution in [0.2, 0.25) is 0 Å². The monoisotopic (exact) mass is 250 g/mol. The van der Waals surface area contributed by atoms with Crippen molar-refractivity contribution >= 4 is 5.82 Å². The van der Waals surface area contributed by atoms with Gasteiger partial charge < -0.3 is 15.8 Å². The molecule has 100 valence electrons. The van der Waals surface area contributed by atoms with Crippen LogP contribution in [-0.4, -0.2) is 28.7 Å². The van der Waals surface area contributed by atoms with Crippen molar-refractivity contribution in [1.82, 2.24) is 9.97 Å². The molecule has 5 heteroatoms. The Morgan fingerprint density at radius 3 is 2.78 bits per heavy atom. The van der Waals surface area contributed by atoms with Crippen LogP contribution in [0.3, 0.4) is 0 Å². The highest BCUT2D eigenvalue weighted by Gasteiger charge is 2.30. The molecule has 0 aromatic carbocycles. The molecule has 2 rings (SSSR count).